The number of nitrogens with one attached hydrogen (secondary N) is 1. The van der Waals surface area contributed by atoms with Crippen LogP contribution in [0.4, 0.5) is 14.5 Å². The molecule has 0 spiro atoms. The quantitative estimate of drug-likeness (QED) is 0.802. The summed E-state index contributed by atoms with van der Waals surface area (Å²) in [5.74, 6) is -0.860. The Bertz CT molecular complexity index is 362. The third kappa shape index (κ3) is 2.26. The molecule has 4 heteroatoms. The number of hydrogen-bond acceptors (Lipinski definition) is 2. The van der Waals surface area contributed by atoms with Crippen LogP contribution in [0.15, 0.2) is 18.2 Å². The Morgan fingerprint density at radius 2 is 2.07 bits per heavy atom. The van der Waals surface area contributed by atoms with Gasteiger partial charge in [-0.05, 0) is 43.0 Å². The smallest absolute Gasteiger partial charge is 0.146 e. The minimum absolute atomic E-state index is 0.110. The van der Waals surface area contributed by atoms with Crippen molar-refractivity contribution in [3.05, 3.63) is 29.8 Å². The van der Waals surface area contributed by atoms with Crippen molar-refractivity contribution in [1.29, 1.82) is 0 Å². The number of anilines is 1. The Morgan fingerprint density at radius 3 is 2.67 bits per heavy atom. The fraction of sp³-hybridized carbons (Fsp3) is 0.455. The monoisotopic (exact) mass is 212 g/mol. The predicted octanol–water partition coefficient (Wildman–Crippen LogP) is 2.12. The molecule has 2 rings (SSSR count). The average Bonchev–Trinajstić information content (AvgIpc) is 3.00. The van der Waals surface area contributed by atoms with Gasteiger partial charge in [-0.25, -0.2) is 8.78 Å². The molecule has 3 N–H and O–H groups in total. The summed E-state index contributed by atoms with van der Waals surface area (Å²) in [7, 11) is 0. The molecule has 0 radical (unpaired) electrons. The minimum atomic E-state index is -0.434. The van der Waals surface area contributed by atoms with Crippen molar-refractivity contribution < 1.29 is 8.78 Å². The molecule has 1 aliphatic rings. The largest absolute Gasteiger partial charge is 0.382 e. The van der Waals surface area contributed by atoms with Crippen LogP contribution in [0.2, 0.25) is 0 Å². The molecular formula is C11H14F2N2. The van der Waals surface area contributed by atoms with Gasteiger partial charge in [0.2, 0.25) is 0 Å². The van der Waals surface area contributed by atoms with Gasteiger partial charge in [-0.3, -0.25) is 0 Å². The van der Waals surface area contributed by atoms with Crippen LogP contribution in [-0.2, 0) is 0 Å². The van der Waals surface area contributed by atoms with E-state index in [0.29, 0.717) is 13.1 Å². The highest BCUT2D eigenvalue weighted by atomic mass is 19.1. The van der Waals surface area contributed by atoms with E-state index in [1.165, 1.54) is 6.07 Å². The van der Waals surface area contributed by atoms with E-state index in [2.05, 4.69) is 5.32 Å². The van der Waals surface area contributed by atoms with Crippen molar-refractivity contribution in [1.82, 2.24) is 0 Å². The highest BCUT2D eigenvalue weighted by molar-refractivity contribution is 5.45. The van der Waals surface area contributed by atoms with Gasteiger partial charge in [-0.15, -0.1) is 0 Å². The van der Waals surface area contributed by atoms with Gasteiger partial charge in [0.25, 0.3) is 0 Å². The topological polar surface area (TPSA) is 38.0 Å². The fourth-order valence-electron chi connectivity index (χ4n) is 1.55. The number of halogens is 2. The summed E-state index contributed by atoms with van der Waals surface area (Å²) in [5, 5.41) is 2.91. The Morgan fingerprint density at radius 1 is 1.33 bits per heavy atom. The number of hydrogen-bond donors (Lipinski definition) is 2. The van der Waals surface area contributed by atoms with Gasteiger partial charge in [-0.1, -0.05) is 0 Å². The van der Waals surface area contributed by atoms with Crippen LogP contribution in [0.5, 0.6) is 0 Å². The second-order valence-corrected chi connectivity index (χ2v) is 4.18. The van der Waals surface area contributed by atoms with Crippen molar-refractivity contribution in [2.45, 2.75) is 12.8 Å². The van der Waals surface area contributed by atoms with Gasteiger partial charge in [0.05, 0.1) is 5.69 Å². The molecule has 82 valence electrons. The van der Waals surface area contributed by atoms with Gasteiger partial charge < -0.3 is 11.1 Å². The summed E-state index contributed by atoms with van der Waals surface area (Å²) >= 11 is 0. The Kier molecular flexibility index (Phi) is 2.61. The zero-order chi connectivity index (χ0) is 10.9. The molecule has 0 aliphatic heterocycles. The lowest BCUT2D eigenvalue weighted by atomic mass is 10.1. The summed E-state index contributed by atoms with van der Waals surface area (Å²) in [5.41, 5.74) is 5.92. The maximum Gasteiger partial charge on any atom is 0.146 e. The number of nitrogens with two attached hydrogens (primary N) is 1. The minimum Gasteiger partial charge on any atom is -0.382 e. The van der Waals surface area contributed by atoms with Gasteiger partial charge >= 0.3 is 0 Å². The van der Waals surface area contributed by atoms with Crippen LogP contribution in [0, 0.1) is 17.0 Å². The first-order valence-corrected chi connectivity index (χ1v) is 5.04. The van der Waals surface area contributed by atoms with E-state index in [1.54, 1.807) is 0 Å². The summed E-state index contributed by atoms with van der Waals surface area (Å²) in [6.45, 7) is 1.21. The molecule has 15 heavy (non-hydrogen) atoms. The lowest BCUT2D eigenvalue weighted by Gasteiger charge is -2.14. The van der Waals surface area contributed by atoms with E-state index < -0.39 is 11.6 Å². The van der Waals surface area contributed by atoms with E-state index in [-0.39, 0.29) is 11.1 Å². The lowest BCUT2D eigenvalue weighted by Crippen LogP contribution is -2.24. The Balaban J connectivity index is 2.01. The fourth-order valence-corrected chi connectivity index (χ4v) is 1.55. The molecule has 0 unspecified atom stereocenters. The van der Waals surface area contributed by atoms with E-state index in [9.17, 15) is 8.78 Å². The summed E-state index contributed by atoms with van der Waals surface area (Å²) in [4.78, 5) is 0. The molecule has 0 saturated heterocycles. The van der Waals surface area contributed by atoms with Crippen molar-refractivity contribution in [3.63, 3.8) is 0 Å². The van der Waals surface area contributed by atoms with Crippen LogP contribution in [0.1, 0.15) is 12.8 Å². The highest BCUT2D eigenvalue weighted by Crippen LogP contribution is 2.44. The molecule has 0 amide bonds. The summed E-state index contributed by atoms with van der Waals surface area (Å²) in [6.07, 6.45) is 2.13. The first-order chi connectivity index (χ1) is 7.15. The molecule has 0 atom stereocenters. The molecular weight excluding hydrogens is 198 g/mol. The van der Waals surface area contributed by atoms with Crippen LogP contribution in [0.25, 0.3) is 0 Å². The molecule has 1 aliphatic carbocycles. The lowest BCUT2D eigenvalue weighted by molar-refractivity contribution is 0.549. The molecule has 0 heterocycles. The third-order valence-corrected chi connectivity index (χ3v) is 2.97. The predicted molar refractivity (Wildman–Crippen MR) is 55.6 cm³/mol. The maximum absolute atomic E-state index is 13.2. The zero-order valence-corrected chi connectivity index (χ0v) is 8.39. The van der Waals surface area contributed by atoms with Crippen LogP contribution in [-0.4, -0.2) is 13.1 Å². The first-order valence-electron chi connectivity index (χ1n) is 5.04. The normalized spacial score (nSPS) is 17.5. The van der Waals surface area contributed by atoms with Gasteiger partial charge in [0.15, 0.2) is 0 Å². The summed E-state index contributed by atoms with van der Waals surface area (Å²) in [6, 6.07) is 3.40. The van der Waals surface area contributed by atoms with Gasteiger partial charge in [0, 0.05) is 6.54 Å². The zero-order valence-electron chi connectivity index (χ0n) is 8.39. The SMILES string of the molecule is NCC1(CNc2cc(F)ccc2F)CC1. The molecule has 1 fully saturated rings. The molecule has 0 aromatic heterocycles. The van der Waals surface area contributed by atoms with Crippen LogP contribution >= 0.6 is 0 Å². The van der Waals surface area contributed by atoms with Gasteiger partial charge in [0.1, 0.15) is 11.6 Å². The van der Waals surface area contributed by atoms with Crippen LogP contribution < -0.4 is 11.1 Å². The van der Waals surface area contributed by atoms with Crippen molar-refractivity contribution in [2.75, 3.05) is 18.4 Å². The van der Waals surface area contributed by atoms with E-state index in [0.717, 1.165) is 25.0 Å². The van der Waals surface area contributed by atoms with Crippen molar-refractivity contribution in [3.8, 4) is 0 Å². The second-order valence-electron chi connectivity index (χ2n) is 4.18. The maximum atomic E-state index is 13.2. The molecule has 1 aromatic carbocycles. The van der Waals surface area contributed by atoms with Crippen LogP contribution in [0.3, 0.4) is 0 Å². The Labute approximate surface area is 87.5 Å². The molecule has 1 saturated carbocycles. The second kappa shape index (κ2) is 3.77. The average molecular weight is 212 g/mol. The van der Waals surface area contributed by atoms with E-state index in [4.69, 9.17) is 5.73 Å². The molecule has 1 aromatic rings. The Hall–Kier alpha value is -1.16. The first kappa shape index (κ1) is 10.4. The summed E-state index contributed by atoms with van der Waals surface area (Å²) < 4.78 is 26.0. The van der Waals surface area contributed by atoms with E-state index in [1.807, 2.05) is 0 Å². The molecule has 2 nitrogen and oxygen atoms in total. The van der Waals surface area contributed by atoms with Gasteiger partial charge in [-0.2, -0.15) is 0 Å². The van der Waals surface area contributed by atoms with Crippen molar-refractivity contribution >= 4 is 5.69 Å². The standard InChI is InChI=1S/C11H14F2N2/c12-8-1-2-9(13)10(5-8)15-7-11(6-14)3-4-11/h1-2,5,15H,3-4,6-7,14H2. The third-order valence-electron chi connectivity index (χ3n) is 2.97. The van der Waals surface area contributed by atoms with E-state index >= 15 is 0 Å². The number of rotatable bonds is 4. The highest BCUT2D eigenvalue weighted by Gasteiger charge is 2.40. The van der Waals surface area contributed by atoms with Crippen molar-refractivity contribution in [2.24, 2.45) is 11.1 Å². The molecule has 0 bridgehead atoms. The number of benzene rings is 1.